The molecule has 4 nitrogen and oxygen atoms in total. The Bertz CT molecular complexity index is 1090. The second kappa shape index (κ2) is 8.25. The van der Waals surface area contributed by atoms with E-state index in [4.69, 9.17) is 0 Å². The molecule has 5 heteroatoms. The molecule has 0 saturated carbocycles. The van der Waals surface area contributed by atoms with Gasteiger partial charge < -0.3 is 5.32 Å². The zero-order chi connectivity index (χ0) is 21.3. The number of hydrogen-bond donors (Lipinski definition) is 1. The largest absolute Gasteiger partial charge is 0.378 e. The van der Waals surface area contributed by atoms with Crippen molar-refractivity contribution in [1.82, 2.24) is 4.31 Å². The maximum atomic E-state index is 13.2. The first-order valence-electron chi connectivity index (χ1n) is 10.3. The zero-order valence-corrected chi connectivity index (χ0v) is 18.1. The van der Waals surface area contributed by atoms with Crippen LogP contribution in [0, 0.1) is 12.8 Å². The number of aryl methyl sites for hydroxylation is 1. The van der Waals surface area contributed by atoms with Crippen LogP contribution in [-0.4, -0.2) is 25.8 Å². The number of rotatable bonds is 7. The van der Waals surface area contributed by atoms with Crippen LogP contribution in [0.3, 0.4) is 0 Å². The third-order valence-corrected chi connectivity index (χ3v) is 7.99. The molecular weight excluding hydrogens is 392 g/mol. The molecule has 0 fully saturated rings. The molecule has 2 aromatic rings. The Hall–Kier alpha value is -2.63. The number of fused-ring (bicyclic) bond motifs is 3. The Kier molecular flexibility index (Phi) is 5.67. The molecule has 0 aromatic heterocycles. The summed E-state index contributed by atoms with van der Waals surface area (Å²) in [6.45, 7) is 10.0. The number of sulfonamides is 1. The second-order valence-electron chi connectivity index (χ2n) is 7.98. The third-order valence-electron chi connectivity index (χ3n) is 6.16. The van der Waals surface area contributed by atoms with E-state index in [0.29, 0.717) is 10.8 Å². The van der Waals surface area contributed by atoms with Crippen molar-refractivity contribution in [3.63, 3.8) is 0 Å². The van der Waals surface area contributed by atoms with E-state index in [0.717, 1.165) is 17.7 Å². The van der Waals surface area contributed by atoms with Crippen molar-refractivity contribution in [3.8, 4) is 0 Å². The van der Waals surface area contributed by atoms with Gasteiger partial charge in [0.1, 0.15) is 0 Å². The van der Waals surface area contributed by atoms with Crippen LogP contribution in [0.1, 0.15) is 35.1 Å². The molecule has 1 aliphatic heterocycles. The van der Waals surface area contributed by atoms with Gasteiger partial charge in [-0.2, -0.15) is 4.31 Å². The third kappa shape index (κ3) is 3.53. The van der Waals surface area contributed by atoms with Gasteiger partial charge in [-0.1, -0.05) is 48.6 Å². The van der Waals surface area contributed by atoms with Crippen LogP contribution < -0.4 is 5.32 Å². The van der Waals surface area contributed by atoms with Crippen LogP contribution in [-0.2, 0) is 10.0 Å². The predicted molar refractivity (Wildman–Crippen MR) is 123 cm³/mol. The highest BCUT2D eigenvalue weighted by molar-refractivity contribution is 7.89. The van der Waals surface area contributed by atoms with Crippen LogP contribution in [0.5, 0.6) is 0 Å². The topological polar surface area (TPSA) is 49.4 Å². The van der Waals surface area contributed by atoms with Crippen molar-refractivity contribution >= 4 is 15.7 Å². The molecule has 1 N–H and O–H groups in total. The van der Waals surface area contributed by atoms with Gasteiger partial charge in [-0.15, -0.1) is 13.2 Å². The monoisotopic (exact) mass is 420 g/mol. The molecule has 30 heavy (non-hydrogen) atoms. The minimum atomic E-state index is -3.62. The molecule has 0 radical (unpaired) electrons. The van der Waals surface area contributed by atoms with Gasteiger partial charge in [0, 0.05) is 24.7 Å². The lowest BCUT2D eigenvalue weighted by atomic mass is 9.76. The number of nitrogens with zero attached hydrogens (tertiary/aromatic N) is 1. The predicted octanol–water partition coefficient (Wildman–Crippen LogP) is 5.18. The summed E-state index contributed by atoms with van der Waals surface area (Å²) in [6, 6.07) is 14.2. The van der Waals surface area contributed by atoms with Crippen molar-refractivity contribution in [3.05, 3.63) is 96.6 Å². The molecule has 0 bridgehead atoms. The van der Waals surface area contributed by atoms with Gasteiger partial charge in [-0.05, 0) is 54.2 Å². The van der Waals surface area contributed by atoms with E-state index in [-0.39, 0.29) is 25.0 Å². The van der Waals surface area contributed by atoms with Crippen LogP contribution >= 0.6 is 0 Å². The van der Waals surface area contributed by atoms with Crippen molar-refractivity contribution < 1.29 is 8.42 Å². The lowest BCUT2D eigenvalue weighted by Crippen LogP contribution is -2.32. The first-order valence-corrected chi connectivity index (χ1v) is 11.8. The fraction of sp³-hybridized carbons (Fsp3) is 0.280. The highest BCUT2D eigenvalue weighted by Crippen LogP contribution is 2.50. The molecule has 0 amide bonds. The smallest absolute Gasteiger partial charge is 0.243 e. The number of benzene rings is 2. The average Bonchev–Trinajstić information content (AvgIpc) is 3.23. The number of nitrogens with one attached hydrogen (secondary N) is 1. The second-order valence-corrected chi connectivity index (χ2v) is 9.92. The van der Waals surface area contributed by atoms with Gasteiger partial charge in [0.25, 0.3) is 0 Å². The number of allylic oxidation sites excluding steroid dienone is 2. The molecule has 2 aliphatic rings. The molecule has 3 unspecified atom stereocenters. The quantitative estimate of drug-likeness (QED) is 0.628. The van der Waals surface area contributed by atoms with Crippen LogP contribution in [0.4, 0.5) is 5.69 Å². The molecule has 1 aliphatic carbocycles. The summed E-state index contributed by atoms with van der Waals surface area (Å²) in [5.41, 5.74) is 4.64. The van der Waals surface area contributed by atoms with Crippen molar-refractivity contribution in [1.29, 1.82) is 0 Å². The minimum absolute atomic E-state index is 0.202. The molecule has 1 heterocycles. The lowest BCUT2D eigenvalue weighted by molar-refractivity contribution is 0.423. The summed E-state index contributed by atoms with van der Waals surface area (Å²) >= 11 is 0. The fourth-order valence-electron chi connectivity index (χ4n) is 4.68. The van der Waals surface area contributed by atoms with Crippen molar-refractivity contribution in [2.24, 2.45) is 5.92 Å². The van der Waals surface area contributed by atoms with Gasteiger partial charge in [-0.3, -0.25) is 0 Å². The van der Waals surface area contributed by atoms with Gasteiger partial charge in [0.05, 0.1) is 10.9 Å². The van der Waals surface area contributed by atoms with E-state index < -0.39 is 10.0 Å². The van der Waals surface area contributed by atoms with E-state index in [1.165, 1.54) is 15.4 Å². The first kappa shape index (κ1) is 20.6. The van der Waals surface area contributed by atoms with Crippen molar-refractivity contribution in [2.45, 2.75) is 30.2 Å². The molecule has 156 valence electrons. The SMILES string of the molecule is C=CCN(CC=C)S(=O)(=O)c1ccc2c(c1)C1C=CCC1C(c1ccccc1C)N2. The fourth-order valence-corrected chi connectivity index (χ4v) is 6.10. The Labute approximate surface area is 179 Å². The standard InChI is InChI=1S/C25H28N2O2S/c1-4-15-27(16-5-2)30(28,29)19-13-14-24-23(17-19)21-11-8-12-22(21)25(26-24)20-10-7-6-9-18(20)3/h4-11,13-14,17,21-22,25-26H,1-2,12,15-16H2,3H3. The summed E-state index contributed by atoms with van der Waals surface area (Å²) < 4.78 is 27.8. The Morgan fingerprint density at radius 2 is 1.83 bits per heavy atom. The van der Waals surface area contributed by atoms with E-state index in [1.807, 2.05) is 12.1 Å². The Balaban J connectivity index is 1.74. The summed E-state index contributed by atoms with van der Waals surface area (Å²) in [4.78, 5) is 0.320. The summed E-state index contributed by atoms with van der Waals surface area (Å²) in [5, 5.41) is 3.70. The molecular formula is C25H28N2O2S. The van der Waals surface area contributed by atoms with Crippen LogP contribution in [0.15, 0.2) is 84.8 Å². The van der Waals surface area contributed by atoms with Gasteiger partial charge >= 0.3 is 0 Å². The normalized spacial score (nSPS) is 22.3. The molecule has 3 atom stereocenters. The molecule has 0 spiro atoms. The Morgan fingerprint density at radius 1 is 1.10 bits per heavy atom. The maximum Gasteiger partial charge on any atom is 0.243 e. The molecule has 2 aromatic carbocycles. The van der Waals surface area contributed by atoms with Gasteiger partial charge in [0.2, 0.25) is 10.0 Å². The summed E-state index contributed by atoms with van der Waals surface area (Å²) in [6.07, 6.45) is 8.64. The minimum Gasteiger partial charge on any atom is -0.378 e. The van der Waals surface area contributed by atoms with E-state index in [2.05, 4.69) is 61.8 Å². The maximum absolute atomic E-state index is 13.2. The van der Waals surface area contributed by atoms with Crippen molar-refractivity contribution in [2.75, 3.05) is 18.4 Å². The van der Waals surface area contributed by atoms with E-state index >= 15 is 0 Å². The number of hydrogen-bond acceptors (Lipinski definition) is 3. The zero-order valence-electron chi connectivity index (χ0n) is 17.3. The van der Waals surface area contributed by atoms with Gasteiger partial charge in [-0.25, -0.2) is 8.42 Å². The van der Waals surface area contributed by atoms with Crippen LogP contribution in [0.25, 0.3) is 0 Å². The summed E-state index contributed by atoms with van der Waals surface area (Å²) in [7, 11) is -3.62. The van der Waals surface area contributed by atoms with E-state index in [9.17, 15) is 8.42 Å². The lowest BCUT2D eigenvalue weighted by Gasteiger charge is -2.38. The average molecular weight is 421 g/mol. The highest BCUT2D eigenvalue weighted by Gasteiger charge is 2.39. The summed E-state index contributed by atoms with van der Waals surface area (Å²) in [5.74, 6) is 0.572. The number of anilines is 1. The Morgan fingerprint density at radius 3 is 2.53 bits per heavy atom. The molecule has 4 rings (SSSR count). The van der Waals surface area contributed by atoms with Gasteiger partial charge in [0.15, 0.2) is 0 Å². The van der Waals surface area contributed by atoms with E-state index in [1.54, 1.807) is 18.2 Å². The highest BCUT2D eigenvalue weighted by atomic mass is 32.2. The molecule has 0 saturated heterocycles. The van der Waals surface area contributed by atoms with Crippen LogP contribution in [0.2, 0.25) is 0 Å². The first-order chi connectivity index (χ1) is 14.5.